The average molecular weight is 390 g/mol. The van der Waals surface area contributed by atoms with Crippen LogP contribution >= 0.6 is 0 Å². The Labute approximate surface area is 162 Å². The van der Waals surface area contributed by atoms with Crippen LogP contribution < -0.4 is 0 Å². The predicted octanol–water partition coefficient (Wildman–Crippen LogP) is 3.29. The van der Waals surface area contributed by atoms with Gasteiger partial charge in [0.05, 0.1) is 38.1 Å². The number of benzene rings is 3. The van der Waals surface area contributed by atoms with E-state index in [-0.39, 0.29) is 38.8 Å². The summed E-state index contributed by atoms with van der Waals surface area (Å²) in [7, 11) is 0. The number of imide groups is 1. The lowest BCUT2D eigenvalue weighted by Gasteiger charge is -2.22. The summed E-state index contributed by atoms with van der Waals surface area (Å²) in [6.07, 6.45) is 1.06. The van der Waals surface area contributed by atoms with E-state index >= 15 is 0 Å². The first-order valence-electron chi connectivity index (χ1n) is 8.26. The van der Waals surface area contributed by atoms with Gasteiger partial charge in [-0.05, 0) is 24.3 Å². The van der Waals surface area contributed by atoms with Gasteiger partial charge in [-0.15, -0.1) is 0 Å². The van der Waals surface area contributed by atoms with Crippen LogP contribution in [-0.4, -0.2) is 32.9 Å². The molecule has 0 spiro atoms. The molecule has 0 saturated carbocycles. The molecule has 142 valence electrons. The number of carbonyl (C=O) groups excluding carboxylic acids is 2. The molecule has 0 aliphatic carbocycles. The molecule has 0 N–H and O–H groups in total. The van der Waals surface area contributed by atoms with Crippen LogP contribution in [0.2, 0.25) is 0 Å². The Morgan fingerprint density at radius 2 is 1.45 bits per heavy atom. The van der Waals surface area contributed by atoms with Crippen molar-refractivity contribution in [2.24, 2.45) is 5.10 Å². The molecular formula is C19H10N4O6. The van der Waals surface area contributed by atoms with Gasteiger partial charge in [0.2, 0.25) is 0 Å². The largest absolute Gasteiger partial charge is 0.282 e. The van der Waals surface area contributed by atoms with Crippen LogP contribution in [0, 0.1) is 20.2 Å². The van der Waals surface area contributed by atoms with Crippen LogP contribution in [0.15, 0.2) is 59.7 Å². The summed E-state index contributed by atoms with van der Waals surface area (Å²) in [5.41, 5.74) is -0.166. The number of nitrogens with zero attached hydrogens (tertiary/aromatic N) is 4. The predicted molar refractivity (Wildman–Crippen MR) is 102 cm³/mol. The van der Waals surface area contributed by atoms with Crippen LogP contribution in [0.25, 0.3) is 10.8 Å². The second-order valence-electron chi connectivity index (χ2n) is 6.10. The Kier molecular flexibility index (Phi) is 4.08. The van der Waals surface area contributed by atoms with Gasteiger partial charge in [-0.1, -0.05) is 18.2 Å². The van der Waals surface area contributed by atoms with E-state index in [1.54, 1.807) is 6.07 Å². The second kappa shape index (κ2) is 6.60. The summed E-state index contributed by atoms with van der Waals surface area (Å²) in [5.74, 6) is -1.55. The first-order valence-corrected chi connectivity index (χ1v) is 8.26. The summed E-state index contributed by atoms with van der Waals surface area (Å²) in [6, 6.07) is 12.6. The number of hydrogen-bond donors (Lipinski definition) is 0. The highest BCUT2D eigenvalue weighted by atomic mass is 16.6. The first-order chi connectivity index (χ1) is 13.9. The minimum absolute atomic E-state index is 0.0838. The first kappa shape index (κ1) is 17.9. The fourth-order valence-electron chi connectivity index (χ4n) is 3.22. The maximum Gasteiger partial charge on any atom is 0.282 e. The zero-order valence-corrected chi connectivity index (χ0v) is 14.5. The molecule has 29 heavy (non-hydrogen) atoms. The van der Waals surface area contributed by atoms with Gasteiger partial charge >= 0.3 is 0 Å². The van der Waals surface area contributed by atoms with Crippen molar-refractivity contribution in [3.63, 3.8) is 0 Å². The Morgan fingerprint density at radius 3 is 2.14 bits per heavy atom. The highest BCUT2D eigenvalue weighted by molar-refractivity contribution is 6.26. The van der Waals surface area contributed by atoms with E-state index in [1.807, 2.05) is 0 Å². The highest BCUT2D eigenvalue weighted by Crippen LogP contribution is 2.35. The molecule has 0 fully saturated rings. The van der Waals surface area contributed by atoms with Gasteiger partial charge in [-0.25, -0.2) is 0 Å². The smallest absolute Gasteiger partial charge is 0.267 e. The molecule has 10 heteroatoms. The molecule has 3 aromatic rings. The summed E-state index contributed by atoms with van der Waals surface area (Å²) >= 11 is 0. The number of para-hydroxylation sites is 1. The van der Waals surface area contributed by atoms with Crippen LogP contribution in [-0.2, 0) is 0 Å². The van der Waals surface area contributed by atoms with Crippen molar-refractivity contribution in [2.75, 3.05) is 0 Å². The van der Waals surface area contributed by atoms with Gasteiger partial charge in [0.15, 0.2) is 0 Å². The molecule has 0 radical (unpaired) electrons. The van der Waals surface area contributed by atoms with E-state index in [9.17, 15) is 29.8 Å². The zero-order chi connectivity index (χ0) is 20.7. The Bertz CT molecular complexity index is 1240. The van der Waals surface area contributed by atoms with E-state index in [0.717, 1.165) is 6.21 Å². The number of rotatable bonds is 4. The molecule has 2 amide bonds. The molecule has 0 bridgehead atoms. The molecule has 1 heterocycles. The number of hydrazone groups is 1. The summed E-state index contributed by atoms with van der Waals surface area (Å²) in [5, 5.41) is 27.2. The monoisotopic (exact) mass is 390 g/mol. The van der Waals surface area contributed by atoms with Crippen molar-refractivity contribution in [1.82, 2.24) is 5.01 Å². The Morgan fingerprint density at radius 1 is 0.793 bits per heavy atom. The highest BCUT2D eigenvalue weighted by Gasteiger charge is 2.34. The number of amides is 2. The van der Waals surface area contributed by atoms with Crippen molar-refractivity contribution >= 4 is 40.2 Å². The normalized spacial score (nSPS) is 13.3. The number of carbonyl (C=O) groups is 2. The van der Waals surface area contributed by atoms with E-state index in [4.69, 9.17) is 0 Å². The third-order valence-electron chi connectivity index (χ3n) is 4.51. The molecule has 10 nitrogen and oxygen atoms in total. The fraction of sp³-hybridized carbons (Fsp3) is 0. The zero-order valence-electron chi connectivity index (χ0n) is 14.5. The summed E-state index contributed by atoms with van der Waals surface area (Å²) < 4.78 is 0. The van der Waals surface area contributed by atoms with Gasteiger partial charge in [0.1, 0.15) is 0 Å². The van der Waals surface area contributed by atoms with Crippen molar-refractivity contribution in [2.45, 2.75) is 0 Å². The second-order valence-corrected chi connectivity index (χ2v) is 6.10. The Balaban J connectivity index is 1.83. The van der Waals surface area contributed by atoms with Gasteiger partial charge in [-0.3, -0.25) is 29.8 Å². The van der Waals surface area contributed by atoms with Gasteiger partial charge < -0.3 is 0 Å². The third-order valence-corrected chi connectivity index (χ3v) is 4.51. The average Bonchev–Trinajstić information content (AvgIpc) is 2.71. The van der Waals surface area contributed by atoms with E-state index in [0.29, 0.717) is 5.01 Å². The SMILES string of the molecule is O=C1c2cccc3c([N+](=O)[O-])ccc(c23)C(=O)N1/N=C\c1ccccc1[N+](=O)[O-]. The molecule has 1 aliphatic heterocycles. The Hall–Kier alpha value is -4.47. The summed E-state index contributed by atoms with van der Waals surface area (Å²) in [4.78, 5) is 46.8. The maximum atomic E-state index is 12.8. The number of hydrogen-bond acceptors (Lipinski definition) is 7. The lowest BCUT2D eigenvalue weighted by Crippen LogP contribution is -2.36. The van der Waals surface area contributed by atoms with Crippen molar-refractivity contribution in [1.29, 1.82) is 0 Å². The van der Waals surface area contributed by atoms with Crippen molar-refractivity contribution < 1.29 is 19.4 Å². The van der Waals surface area contributed by atoms with Crippen LogP contribution in [0.1, 0.15) is 26.3 Å². The lowest BCUT2D eigenvalue weighted by atomic mass is 9.94. The molecule has 0 saturated heterocycles. The van der Waals surface area contributed by atoms with Gasteiger partial charge in [0.25, 0.3) is 23.2 Å². The van der Waals surface area contributed by atoms with Crippen molar-refractivity contribution in [3.05, 3.63) is 91.5 Å². The quantitative estimate of drug-likeness (QED) is 0.290. The minimum atomic E-state index is -0.775. The number of nitro groups is 2. The van der Waals surface area contributed by atoms with Gasteiger partial charge in [0, 0.05) is 17.5 Å². The summed E-state index contributed by atoms with van der Waals surface area (Å²) in [6.45, 7) is 0. The molecule has 3 aromatic carbocycles. The third kappa shape index (κ3) is 2.79. The van der Waals surface area contributed by atoms with Crippen molar-refractivity contribution in [3.8, 4) is 0 Å². The number of non-ortho nitro benzene ring substituents is 1. The maximum absolute atomic E-state index is 12.8. The van der Waals surface area contributed by atoms with Crippen LogP contribution in [0.5, 0.6) is 0 Å². The van der Waals surface area contributed by atoms with E-state index < -0.39 is 21.7 Å². The number of nitro benzene ring substituents is 2. The van der Waals surface area contributed by atoms with Crippen LogP contribution in [0.4, 0.5) is 11.4 Å². The molecule has 0 unspecified atom stereocenters. The molecule has 0 atom stereocenters. The standard InChI is InChI=1S/C19H10N4O6/c24-18-13-6-3-5-12-16(23(28)29)9-8-14(17(12)13)19(25)21(18)20-10-11-4-1-2-7-15(11)22(26)27/h1-10H/b20-10-. The molecular weight excluding hydrogens is 380 g/mol. The van der Waals surface area contributed by atoms with Gasteiger partial charge in [-0.2, -0.15) is 10.1 Å². The molecule has 0 aromatic heterocycles. The molecule has 4 rings (SSSR count). The van der Waals surface area contributed by atoms with E-state index in [2.05, 4.69) is 5.10 Å². The van der Waals surface area contributed by atoms with Crippen LogP contribution in [0.3, 0.4) is 0 Å². The lowest BCUT2D eigenvalue weighted by molar-refractivity contribution is -0.385. The van der Waals surface area contributed by atoms with E-state index in [1.165, 1.54) is 48.5 Å². The minimum Gasteiger partial charge on any atom is -0.267 e. The topological polar surface area (TPSA) is 136 Å². The fourth-order valence-corrected chi connectivity index (χ4v) is 3.22. The molecule has 1 aliphatic rings.